The summed E-state index contributed by atoms with van der Waals surface area (Å²) in [4.78, 5) is 2.42. The van der Waals surface area contributed by atoms with E-state index >= 15 is 0 Å². The fourth-order valence-corrected chi connectivity index (χ4v) is 2.69. The molecular weight excluding hydrogens is 278 g/mol. The number of rotatable bonds is 6. The molecule has 0 aliphatic rings. The Labute approximate surface area is 133 Å². The summed E-state index contributed by atoms with van der Waals surface area (Å²) in [5.74, 6) is 0. The molecule has 1 atom stereocenters. The topological polar surface area (TPSA) is 3.24 Å². The molecule has 0 bridgehead atoms. The predicted molar refractivity (Wildman–Crippen MR) is 91.8 cm³/mol. The highest BCUT2D eigenvalue weighted by molar-refractivity contribution is 6.21. The standard InChI is InChI=1S/C19H24ClN/c1-15(2)21(13-17-7-5-4-6-8-17)14-19(20)18-11-9-16(3)10-12-18/h4-12,15,19H,13-14H2,1-3H3. The van der Waals surface area contributed by atoms with E-state index in [4.69, 9.17) is 11.6 Å². The fourth-order valence-electron chi connectivity index (χ4n) is 2.36. The Morgan fingerprint density at radius 2 is 1.57 bits per heavy atom. The zero-order valence-electron chi connectivity index (χ0n) is 13.1. The molecule has 0 aromatic heterocycles. The molecule has 0 fully saturated rings. The van der Waals surface area contributed by atoms with Crippen LogP contribution in [0.15, 0.2) is 54.6 Å². The van der Waals surface area contributed by atoms with Crippen LogP contribution in [0.25, 0.3) is 0 Å². The molecule has 2 heteroatoms. The molecule has 0 aliphatic heterocycles. The molecule has 0 N–H and O–H groups in total. The lowest BCUT2D eigenvalue weighted by Gasteiger charge is -2.28. The molecule has 112 valence electrons. The molecule has 21 heavy (non-hydrogen) atoms. The average molecular weight is 302 g/mol. The van der Waals surface area contributed by atoms with Gasteiger partial charge in [0.05, 0.1) is 5.38 Å². The maximum atomic E-state index is 6.62. The van der Waals surface area contributed by atoms with Crippen LogP contribution in [0.5, 0.6) is 0 Å². The van der Waals surface area contributed by atoms with Gasteiger partial charge in [0.2, 0.25) is 0 Å². The normalized spacial score (nSPS) is 12.9. The van der Waals surface area contributed by atoms with Crippen LogP contribution >= 0.6 is 11.6 Å². The molecule has 2 rings (SSSR count). The lowest BCUT2D eigenvalue weighted by Crippen LogP contribution is -2.33. The quantitative estimate of drug-likeness (QED) is 0.664. The molecule has 0 saturated heterocycles. The Bertz CT molecular complexity index is 533. The second-order valence-corrected chi connectivity index (χ2v) is 6.41. The van der Waals surface area contributed by atoms with E-state index in [1.165, 1.54) is 16.7 Å². The van der Waals surface area contributed by atoms with Crippen LogP contribution in [-0.2, 0) is 6.54 Å². The van der Waals surface area contributed by atoms with Crippen LogP contribution in [0.3, 0.4) is 0 Å². The Morgan fingerprint density at radius 3 is 2.14 bits per heavy atom. The monoisotopic (exact) mass is 301 g/mol. The largest absolute Gasteiger partial charge is 0.295 e. The first-order chi connectivity index (χ1) is 10.1. The molecule has 2 aromatic carbocycles. The Kier molecular flexibility index (Phi) is 5.84. The molecule has 0 amide bonds. The lowest BCUT2D eigenvalue weighted by atomic mass is 10.1. The summed E-state index contributed by atoms with van der Waals surface area (Å²) in [6, 6.07) is 19.6. The second kappa shape index (κ2) is 7.63. The third-order valence-corrected chi connectivity index (χ3v) is 4.18. The fraction of sp³-hybridized carbons (Fsp3) is 0.368. The van der Waals surface area contributed by atoms with Crippen LogP contribution in [0, 0.1) is 6.92 Å². The third kappa shape index (κ3) is 4.87. The number of benzene rings is 2. The van der Waals surface area contributed by atoms with Crippen molar-refractivity contribution in [3.63, 3.8) is 0 Å². The van der Waals surface area contributed by atoms with Crippen molar-refractivity contribution in [3.05, 3.63) is 71.3 Å². The summed E-state index contributed by atoms with van der Waals surface area (Å²) >= 11 is 6.62. The minimum absolute atomic E-state index is 0.0247. The van der Waals surface area contributed by atoms with Crippen LogP contribution in [0.2, 0.25) is 0 Å². The van der Waals surface area contributed by atoms with E-state index in [1.54, 1.807) is 0 Å². The van der Waals surface area contributed by atoms with Gasteiger partial charge in [-0.05, 0) is 31.9 Å². The van der Waals surface area contributed by atoms with Gasteiger partial charge in [0.1, 0.15) is 0 Å². The Morgan fingerprint density at radius 1 is 0.952 bits per heavy atom. The zero-order valence-corrected chi connectivity index (χ0v) is 13.8. The van der Waals surface area contributed by atoms with Crippen LogP contribution in [-0.4, -0.2) is 17.5 Å². The number of halogens is 1. The van der Waals surface area contributed by atoms with E-state index in [-0.39, 0.29) is 5.38 Å². The minimum Gasteiger partial charge on any atom is -0.295 e. The first-order valence-electron chi connectivity index (χ1n) is 7.55. The molecular formula is C19H24ClN. The number of alkyl halides is 1. The third-order valence-electron chi connectivity index (χ3n) is 3.79. The van der Waals surface area contributed by atoms with E-state index in [0.29, 0.717) is 6.04 Å². The van der Waals surface area contributed by atoms with Crippen molar-refractivity contribution in [1.29, 1.82) is 0 Å². The summed E-state index contributed by atoms with van der Waals surface area (Å²) in [5.41, 5.74) is 3.80. The van der Waals surface area contributed by atoms with Gasteiger partial charge in [0.15, 0.2) is 0 Å². The highest BCUT2D eigenvalue weighted by atomic mass is 35.5. The van der Waals surface area contributed by atoms with Crippen LogP contribution in [0.4, 0.5) is 0 Å². The molecule has 1 nitrogen and oxygen atoms in total. The Balaban J connectivity index is 2.04. The maximum absolute atomic E-state index is 6.62. The van der Waals surface area contributed by atoms with Gasteiger partial charge in [0, 0.05) is 19.1 Å². The van der Waals surface area contributed by atoms with Crippen molar-refractivity contribution in [2.24, 2.45) is 0 Å². The summed E-state index contributed by atoms with van der Waals surface area (Å²) in [7, 11) is 0. The van der Waals surface area contributed by atoms with Crippen molar-refractivity contribution in [2.75, 3.05) is 6.54 Å². The lowest BCUT2D eigenvalue weighted by molar-refractivity contribution is 0.213. The van der Waals surface area contributed by atoms with Gasteiger partial charge in [-0.15, -0.1) is 11.6 Å². The van der Waals surface area contributed by atoms with E-state index < -0.39 is 0 Å². The SMILES string of the molecule is Cc1ccc(C(Cl)CN(Cc2ccccc2)C(C)C)cc1. The summed E-state index contributed by atoms with van der Waals surface area (Å²) in [6.45, 7) is 8.34. The van der Waals surface area contributed by atoms with Crippen molar-refractivity contribution in [2.45, 2.75) is 38.7 Å². The first-order valence-corrected chi connectivity index (χ1v) is 7.98. The number of aryl methyl sites for hydroxylation is 1. The molecule has 0 spiro atoms. The average Bonchev–Trinajstić information content (AvgIpc) is 2.48. The highest BCUT2D eigenvalue weighted by Crippen LogP contribution is 2.24. The number of nitrogens with zero attached hydrogens (tertiary/aromatic N) is 1. The number of hydrogen-bond acceptors (Lipinski definition) is 1. The van der Waals surface area contributed by atoms with Crippen molar-refractivity contribution in [1.82, 2.24) is 4.90 Å². The van der Waals surface area contributed by atoms with Gasteiger partial charge in [0.25, 0.3) is 0 Å². The van der Waals surface area contributed by atoms with Crippen LogP contribution < -0.4 is 0 Å². The van der Waals surface area contributed by atoms with E-state index in [1.807, 2.05) is 0 Å². The van der Waals surface area contributed by atoms with Gasteiger partial charge >= 0.3 is 0 Å². The van der Waals surface area contributed by atoms with Crippen LogP contribution in [0.1, 0.15) is 35.9 Å². The Hall–Kier alpha value is -1.31. The van der Waals surface area contributed by atoms with Gasteiger partial charge in [-0.25, -0.2) is 0 Å². The molecule has 2 aromatic rings. The molecule has 0 aliphatic carbocycles. The van der Waals surface area contributed by atoms with Crippen molar-refractivity contribution in [3.8, 4) is 0 Å². The van der Waals surface area contributed by atoms with Gasteiger partial charge in [-0.1, -0.05) is 60.2 Å². The summed E-state index contributed by atoms with van der Waals surface area (Å²) < 4.78 is 0. The van der Waals surface area contributed by atoms with E-state index in [9.17, 15) is 0 Å². The molecule has 0 radical (unpaired) electrons. The highest BCUT2D eigenvalue weighted by Gasteiger charge is 2.16. The maximum Gasteiger partial charge on any atom is 0.0712 e. The smallest absolute Gasteiger partial charge is 0.0712 e. The molecule has 1 unspecified atom stereocenters. The predicted octanol–water partition coefficient (Wildman–Crippen LogP) is 5.19. The number of hydrogen-bond donors (Lipinski definition) is 0. The van der Waals surface area contributed by atoms with Crippen molar-refractivity contribution < 1.29 is 0 Å². The molecule has 0 heterocycles. The first kappa shape index (κ1) is 16.1. The summed E-state index contributed by atoms with van der Waals surface area (Å²) in [6.07, 6.45) is 0. The van der Waals surface area contributed by atoms with Crippen molar-refractivity contribution >= 4 is 11.6 Å². The minimum atomic E-state index is 0.0247. The second-order valence-electron chi connectivity index (χ2n) is 5.89. The molecule has 0 saturated carbocycles. The van der Waals surface area contributed by atoms with Gasteiger partial charge < -0.3 is 0 Å². The van der Waals surface area contributed by atoms with E-state index in [0.717, 1.165) is 13.1 Å². The summed E-state index contributed by atoms with van der Waals surface area (Å²) in [5, 5.41) is 0.0247. The van der Waals surface area contributed by atoms with Gasteiger partial charge in [-0.3, -0.25) is 4.90 Å². The zero-order chi connectivity index (χ0) is 15.2. The van der Waals surface area contributed by atoms with Gasteiger partial charge in [-0.2, -0.15) is 0 Å². The van der Waals surface area contributed by atoms with E-state index in [2.05, 4.69) is 80.3 Å².